The Morgan fingerprint density at radius 2 is 1.22 bits per heavy atom. The van der Waals surface area contributed by atoms with Crippen molar-refractivity contribution in [2.24, 2.45) is 17.6 Å². The Bertz CT molecular complexity index is 2310. The van der Waals surface area contributed by atoms with E-state index in [0.717, 1.165) is 43.0 Å². The van der Waals surface area contributed by atoms with E-state index in [1.54, 1.807) is 32.4 Å². The van der Waals surface area contributed by atoms with E-state index >= 15 is 0 Å². The summed E-state index contributed by atoms with van der Waals surface area (Å²) in [4.78, 5) is 59.1. The second-order valence-electron chi connectivity index (χ2n) is 18.5. The maximum Gasteiger partial charge on any atom is 0.292 e. The van der Waals surface area contributed by atoms with Gasteiger partial charge in [-0.1, -0.05) is 64.1 Å². The molecule has 364 valence electrons. The smallest absolute Gasteiger partial charge is 0.292 e. The van der Waals surface area contributed by atoms with Crippen molar-refractivity contribution in [1.29, 1.82) is 0 Å². The number of fused-ring (bicyclic) bond motifs is 6. The van der Waals surface area contributed by atoms with Crippen molar-refractivity contribution in [3.8, 4) is 33.6 Å². The van der Waals surface area contributed by atoms with Crippen molar-refractivity contribution in [1.82, 2.24) is 35.1 Å². The number of imidazole rings is 2. The van der Waals surface area contributed by atoms with E-state index in [-0.39, 0.29) is 12.5 Å². The number of likely N-dealkylation sites (tertiary alicyclic amines) is 2. The normalized spacial score (nSPS) is 19.5. The van der Waals surface area contributed by atoms with Crippen molar-refractivity contribution >= 4 is 36.2 Å². The van der Waals surface area contributed by atoms with Crippen molar-refractivity contribution in [2.75, 3.05) is 55.6 Å². The lowest BCUT2D eigenvalue weighted by molar-refractivity contribution is -0.126. The number of aromatic nitrogens is 4. The lowest BCUT2D eigenvalue weighted by atomic mass is 9.82. The summed E-state index contributed by atoms with van der Waals surface area (Å²) in [5, 5.41) is 5.44. The number of ether oxygens (including phenoxy) is 2. The van der Waals surface area contributed by atoms with Crippen LogP contribution < -0.4 is 11.1 Å². The Kier molecular flexibility index (Phi) is 22.0. The summed E-state index contributed by atoms with van der Waals surface area (Å²) in [6.07, 6.45) is 15.7. The van der Waals surface area contributed by atoms with Gasteiger partial charge < -0.3 is 40.1 Å². The Balaban J connectivity index is 0.000000341. The molecule has 4 unspecified atom stereocenters. The third-order valence-corrected chi connectivity index (χ3v) is 13.0. The zero-order chi connectivity index (χ0) is 49.0. The number of primary amides is 1. The summed E-state index contributed by atoms with van der Waals surface area (Å²) >= 11 is 0. The molecule has 14 heteroatoms. The molecule has 3 fully saturated rings. The number of likely N-dealkylation sites (N-methyl/N-ethyl adjacent to an activating group) is 1. The molecule has 4 heterocycles. The van der Waals surface area contributed by atoms with E-state index in [1.807, 2.05) is 33.9 Å². The Hall–Kier alpha value is -5.54. The van der Waals surface area contributed by atoms with Crippen LogP contribution in [0.1, 0.15) is 126 Å². The summed E-state index contributed by atoms with van der Waals surface area (Å²) in [7, 11) is 10.8. The van der Waals surface area contributed by atoms with Gasteiger partial charge in [0.1, 0.15) is 24.2 Å². The molecule has 1 saturated carbocycles. The number of H-pyrrole nitrogens is 2. The monoisotopic (exact) mass is 921 g/mol. The van der Waals surface area contributed by atoms with Crippen LogP contribution in [-0.4, -0.2) is 117 Å². The third-order valence-electron chi connectivity index (χ3n) is 13.0. The molecule has 0 spiro atoms. The van der Waals surface area contributed by atoms with Gasteiger partial charge in [0.25, 0.3) is 6.47 Å². The number of methoxy groups -OCH3 is 2. The molecule has 2 saturated heterocycles. The van der Waals surface area contributed by atoms with Crippen LogP contribution in [0.4, 0.5) is 0 Å². The highest BCUT2D eigenvalue weighted by Gasteiger charge is 2.41. The lowest BCUT2D eigenvalue weighted by Crippen LogP contribution is -2.31. The highest BCUT2D eigenvalue weighted by atomic mass is 16.5. The van der Waals surface area contributed by atoms with Crippen LogP contribution in [0.2, 0.25) is 0 Å². The van der Waals surface area contributed by atoms with E-state index in [0.29, 0.717) is 48.6 Å². The van der Waals surface area contributed by atoms with Crippen molar-refractivity contribution in [3.05, 3.63) is 83.7 Å². The molecule has 2 aliphatic carbocycles. The number of aldehydes is 2. The number of benzene rings is 3. The number of aromatic amines is 2. The molecule has 9 rings (SSSR count). The molecule has 3 aromatic carbocycles. The predicted octanol–water partition coefficient (Wildman–Crippen LogP) is 9.00. The topological polar surface area (TPSA) is 189 Å². The molecular weight excluding hydrogens is 845 g/mol. The third kappa shape index (κ3) is 14.2. The van der Waals surface area contributed by atoms with Crippen LogP contribution in [0.15, 0.2) is 60.9 Å². The van der Waals surface area contributed by atoms with Crippen molar-refractivity contribution in [3.63, 3.8) is 0 Å². The SMILES string of the molecule is CC(C)CC=O.CN1CCCC1c1ncc(-c2ccc3cc(-c4ccc(-c5cnc([C@@H]6CCCN6C)[nH]5)c5c4C4CCC5C4)ccc3c2)[nH]1.CNC(C=O)C(C)C.COC.COC=O.NC=O. The molecule has 2 bridgehead atoms. The van der Waals surface area contributed by atoms with Crippen LogP contribution in [0, 0.1) is 11.8 Å². The summed E-state index contributed by atoms with van der Waals surface area (Å²) < 4.78 is 8.11. The molecule has 0 radical (unpaired) electrons. The second-order valence-corrected chi connectivity index (χ2v) is 18.5. The first kappa shape index (κ1) is 54.1. The molecule has 67 heavy (non-hydrogen) atoms. The quantitative estimate of drug-likeness (QED) is 0.0926. The minimum absolute atomic E-state index is 0.0231. The van der Waals surface area contributed by atoms with E-state index in [2.05, 4.69) is 109 Å². The largest absolute Gasteiger partial charge is 0.471 e. The van der Waals surface area contributed by atoms with Gasteiger partial charge in [0.05, 0.1) is 49.0 Å². The number of hydrogen-bond acceptors (Lipinski definition) is 11. The Morgan fingerprint density at radius 1 is 0.746 bits per heavy atom. The van der Waals surface area contributed by atoms with Gasteiger partial charge in [-0.25, -0.2) is 9.97 Å². The van der Waals surface area contributed by atoms with Crippen LogP contribution in [-0.2, 0) is 28.7 Å². The van der Waals surface area contributed by atoms with Gasteiger partial charge in [0, 0.05) is 31.8 Å². The standard InChI is InChI=1S/C37H40N6.C6H13NO.C5H10O.C2H4O2.C2H6O.CH3NO/c1-42-15-3-5-32(42)36-38-20-30(40-36)25-10-8-22-17-24(9-7-23(22)18-25)28-13-14-29(35-27-12-11-26(19-27)34(28)35)31-21-39-37(41-31)33-6-4-16-43(33)2;1-5(2)6(4-8)7-3;1-5(2)3-4-6;1-4-2-3;1-3-2;2-1-3/h7-10,13-14,17-18,20-21,26-27,32-33H,3-6,11-12,15-16,19H2,1-2H3,(H,38,40)(H,39,41);4-7H,1-3H3;4-5H,3H2,1-2H3;2H,1H3;1-2H3;1H,(H2,2,3)/t26?,27?,32?,33-;;;;;/m0...../s1. The molecular formula is C53H76N8O6. The number of nitrogens with zero attached hydrogens (tertiary/aromatic N) is 4. The van der Waals surface area contributed by atoms with E-state index < -0.39 is 0 Å². The average molecular weight is 921 g/mol. The Labute approximate surface area is 398 Å². The first-order valence-electron chi connectivity index (χ1n) is 23.6. The fourth-order valence-electron chi connectivity index (χ4n) is 9.65. The minimum Gasteiger partial charge on any atom is -0.471 e. The van der Waals surface area contributed by atoms with Crippen LogP contribution in [0.25, 0.3) is 44.4 Å². The molecule has 2 aliphatic heterocycles. The lowest BCUT2D eigenvalue weighted by Gasteiger charge is -2.23. The maximum absolute atomic E-state index is 10.1. The fourth-order valence-corrected chi connectivity index (χ4v) is 9.65. The molecule has 1 amide bonds. The first-order chi connectivity index (χ1) is 32.3. The molecule has 14 nitrogen and oxygen atoms in total. The fraction of sp³-hybridized carbons (Fsp3) is 0.509. The average Bonchev–Trinajstić information content (AvgIpc) is 4.19. The highest BCUT2D eigenvalue weighted by molar-refractivity contribution is 5.92. The first-order valence-corrected chi connectivity index (χ1v) is 23.6. The number of hydrogen-bond donors (Lipinski definition) is 4. The van der Waals surface area contributed by atoms with Gasteiger partial charge in [0.2, 0.25) is 6.41 Å². The highest BCUT2D eigenvalue weighted by Crippen LogP contribution is 2.58. The van der Waals surface area contributed by atoms with Gasteiger partial charge >= 0.3 is 0 Å². The number of nitrogens with one attached hydrogen (secondary N) is 3. The van der Waals surface area contributed by atoms with Gasteiger partial charge in [-0.05, 0) is 148 Å². The second kappa shape index (κ2) is 27.3. The minimum atomic E-state index is 0.0231. The van der Waals surface area contributed by atoms with Crippen LogP contribution in [0.3, 0.4) is 0 Å². The summed E-state index contributed by atoms with van der Waals surface area (Å²) in [5.74, 6) is 4.49. The zero-order valence-electron chi connectivity index (χ0n) is 41.5. The maximum atomic E-state index is 10.1. The zero-order valence-corrected chi connectivity index (χ0v) is 41.5. The number of carbonyl (C=O) groups excluding carboxylic acids is 4. The molecule has 5 N–H and O–H groups in total. The number of nitrogens with two attached hydrogens (primary N) is 1. The van der Waals surface area contributed by atoms with Gasteiger partial charge in [-0.3, -0.25) is 19.4 Å². The summed E-state index contributed by atoms with van der Waals surface area (Å²) in [5.41, 5.74) is 15.0. The van der Waals surface area contributed by atoms with Gasteiger partial charge in [-0.15, -0.1) is 0 Å². The predicted molar refractivity (Wildman–Crippen MR) is 269 cm³/mol. The van der Waals surface area contributed by atoms with Gasteiger partial charge in [0.15, 0.2) is 0 Å². The van der Waals surface area contributed by atoms with E-state index in [4.69, 9.17) is 19.6 Å². The molecule has 5 aromatic rings. The van der Waals surface area contributed by atoms with Crippen LogP contribution >= 0.6 is 0 Å². The van der Waals surface area contributed by atoms with Crippen molar-refractivity contribution in [2.45, 2.75) is 109 Å². The van der Waals surface area contributed by atoms with Gasteiger partial charge in [-0.2, -0.15) is 0 Å². The van der Waals surface area contributed by atoms with Crippen molar-refractivity contribution < 1.29 is 28.7 Å². The molecule has 4 aliphatic rings. The Morgan fingerprint density at radius 3 is 1.64 bits per heavy atom. The molecule has 2 aromatic heterocycles. The summed E-state index contributed by atoms with van der Waals surface area (Å²) in [6.45, 7) is 10.7. The number of rotatable bonds is 11. The van der Waals surface area contributed by atoms with E-state index in [1.165, 1.54) is 90.8 Å². The number of carbonyl (C=O) groups is 4. The van der Waals surface area contributed by atoms with Crippen LogP contribution in [0.5, 0.6) is 0 Å². The summed E-state index contributed by atoms with van der Waals surface area (Å²) in [6, 6.07) is 19.5. The number of amides is 1. The van der Waals surface area contributed by atoms with E-state index in [9.17, 15) is 9.59 Å². The molecule has 5 atom stereocenters.